The van der Waals surface area contributed by atoms with Crippen molar-refractivity contribution < 1.29 is 9.53 Å². The maximum atomic E-state index is 11.9. The van der Waals surface area contributed by atoms with Gasteiger partial charge in [-0.25, -0.2) is 9.79 Å². The van der Waals surface area contributed by atoms with E-state index in [1.807, 2.05) is 11.8 Å². The highest BCUT2D eigenvalue weighted by molar-refractivity contribution is 5.80. The van der Waals surface area contributed by atoms with Crippen molar-refractivity contribution in [2.75, 3.05) is 39.3 Å². The summed E-state index contributed by atoms with van der Waals surface area (Å²) in [5.74, 6) is 1.14. The quantitative estimate of drug-likeness (QED) is 0.796. The molecule has 7 heteroatoms. The van der Waals surface area contributed by atoms with E-state index in [-0.39, 0.29) is 6.09 Å². The Balaban J connectivity index is 1.23. The van der Waals surface area contributed by atoms with Gasteiger partial charge in [0.2, 0.25) is 0 Å². The number of aliphatic imine (C=N–C) groups is 1. The second kappa shape index (κ2) is 7.10. The SMILES string of the molecule is CCOC(=O)N1CCC2(CC(N3CCC(C4=CCN=C(N)N4)CC3)C2)C1. The van der Waals surface area contributed by atoms with E-state index < -0.39 is 0 Å². The molecule has 0 aromatic rings. The van der Waals surface area contributed by atoms with Gasteiger partial charge >= 0.3 is 6.09 Å². The minimum atomic E-state index is -0.135. The third kappa shape index (κ3) is 3.41. The van der Waals surface area contributed by atoms with E-state index in [0.717, 1.165) is 32.6 Å². The summed E-state index contributed by atoms with van der Waals surface area (Å²) in [5.41, 5.74) is 7.43. The first kappa shape index (κ1) is 17.6. The first-order chi connectivity index (χ1) is 12.6. The number of piperidine rings is 1. The average Bonchev–Trinajstić information content (AvgIpc) is 3.07. The number of carbonyl (C=O) groups excluding carboxylic acids is 1. The zero-order valence-corrected chi connectivity index (χ0v) is 15.7. The number of hydrogen-bond donors (Lipinski definition) is 2. The van der Waals surface area contributed by atoms with Crippen LogP contribution in [0.15, 0.2) is 16.8 Å². The number of carbonyl (C=O) groups is 1. The highest BCUT2D eigenvalue weighted by Gasteiger charge is 2.51. The summed E-state index contributed by atoms with van der Waals surface area (Å²) in [4.78, 5) is 20.7. The highest BCUT2D eigenvalue weighted by Crippen LogP contribution is 2.50. The number of ether oxygens (including phenoxy) is 1. The summed E-state index contributed by atoms with van der Waals surface area (Å²) in [5, 5.41) is 3.24. The fourth-order valence-electron chi connectivity index (χ4n) is 5.16. The minimum absolute atomic E-state index is 0.135. The molecule has 1 spiro atoms. The molecule has 26 heavy (non-hydrogen) atoms. The Hall–Kier alpha value is -1.76. The van der Waals surface area contributed by atoms with Crippen LogP contribution >= 0.6 is 0 Å². The molecule has 3 N–H and O–H groups in total. The fraction of sp³-hybridized carbons (Fsp3) is 0.789. The van der Waals surface area contributed by atoms with Gasteiger partial charge < -0.3 is 25.6 Å². The second-order valence-electron chi connectivity index (χ2n) is 8.25. The topological polar surface area (TPSA) is 83.2 Å². The molecule has 0 aromatic carbocycles. The lowest BCUT2D eigenvalue weighted by Gasteiger charge is -2.51. The summed E-state index contributed by atoms with van der Waals surface area (Å²) < 4.78 is 5.16. The maximum absolute atomic E-state index is 11.9. The minimum Gasteiger partial charge on any atom is -0.450 e. The van der Waals surface area contributed by atoms with Gasteiger partial charge in [0.1, 0.15) is 0 Å². The molecule has 2 saturated heterocycles. The molecule has 0 radical (unpaired) electrons. The second-order valence-corrected chi connectivity index (χ2v) is 8.25. The third-order valence-electron chi connectivity index (χ3n) is 6.63. The standard InChI is InChI=1S/C19H31N5O2/c1-2-26-18(25)24-10-6-19(13-24)11-15(12-19)23-8-4-14(5-9-23)16-3-7-21-17(20)22-16/h3,14-15H,2,4-13H2,1H3,(H3,20,21,22). The Kier molecular flexibility index (Phi) is 4.82. The van der Waals surface area contributed by atoms with Gasteiger partial charge in [-0.3, -0.25) is 0 Å². The predicted molar refractivity (Wildman–Crippen MR) is 101 cm³/mol. The molecule has 1 amide bonds. The largest absolute Gasteiger partial charge is 0.450 e. The fourth-order valence-corrected chi connectivity index (χ4v) is 5.16. The van der Waals surface area contributed by atoms with Crippen LogP contribution in [0.2, 0.25) is 0 Å². The molecule has 3 aliphatic heterocycles. The number of nitrogens with one attached hydrogen (secondary N) is 1. The molecule has 4 rings (SSSR count). The van der Waals surface area contributed by atoms with Crippen LogP contribution in [0.3, 0.4) is 0 Å². The average molecular weight is 361 g/mol. The number of likely N-dealkylation sites (tertiary alicyclic amines) is 2. The summed E-state index contributed by atoms with van der Waals surface area (Å²) in [7, 11) is 0. The molecule has 1 saturated carbocycles. The summed E-state index contributed by atoms with van der Waals surface area (Å²) in [6, 6.07) is 0.693. The lowest BCUT2D eigenvalue weighted by Crippen LogP contribution is -2.54. The van der Waals surface area contributed by atoms with Gasteiger partial charge in [0, 0.05) is 30.7 Å². The van der Waals surface area contributed by atoms with E-state index in [1.54, 1.807) is 0 Å². The normalized spacial score (nSPS) is 32.7. The maximum Gasteiger partial charge on any atom is 0.409 e. The molecular weight excluding hydrogens is 330 g/mol. The van der Waals surface area contributed by atoms with Gasteiger partial charge in [-0.05, 0) is 63.6 Å². The van der Waals surface area contributed by atoms with E-state index in [9.17, 15) is 4.79 Å². The number of guanidine groups is 1. The Morgan fingerprint density at radius 3 is 2.85 bits per heavy atom. The van der Waals surface area contributed by atoms with Crippen molar-refractivity contribution in [3.05, 3.63) is 11.8 Å². The highest BCUT2D eigenvalue weighted by atomic mass is 16.6. The van der Waals surface area contributed by atoms with Gasteiger partial charge in [0.25, 0.3) is 0 Å². The molecule has 0 unspecified atom stereocenters. The van der Waals surface area contributed by atoms with Crippen molar-refractivity contribution in [3.63, 3.8) is 0 Å². The van der Waals surface area contributed by atoms with Crippen LogP contribution in [0.25, 0.3) is 0 Å². The van der Waals surface area contributed by atoms with Crippen LogP contribution in [0, 0.1) is 11.3 Å². The monoisotopic (exact) mass is 361 g/mol. The van der Waals surface area contributed by atoms with E-state index in [1.165, 1.54) is 31.4 Å². The van der Waals surface area contributed by atoms with Gasteiger partial charge in [-0.2, -0.15) is 0 Å². The Bertz CT molecular complexity index is 603. The van der Waals surface area contributed by atoms with Crippen molar-refractivity contribution in [2.45, 2.75) is 45.1 Å². The van der Waals surface area contributed by atoms with Crippen molar-refractivity contribution in [2.24, 2.45) is 22.1 Å². The first-order valence-corrected chi connectivity index (χ1v) is 10.0. The van der Waals surface area contributed by atoms with Crippen molar-refractivity contribution in [1.82, 2.24) is 15.1 Å². The zero-order valence-electron chi connectivity index (χ0n) is 15.7. The molecule has 0 aromatic heterocycles. The number of rotatable bonds is 3. The third-order valence-corrected chi connectivity index (χ3v) is 6.63. The van der Waals surface area contributed by atoms with Crippen LogP contribution < -0.4 is 11.1 Å². The smallest absolute Gasteiger partial charge is 0.409 e. The van der Waals surface area contributed by atoms with E-state index in [0.29, 0.717) is 36.5 Å². The molecule has 4 aliphatic rings. The molecule has 0 bridgehead atoms. The van der Waals surface area contributed by atoms with Gasteiger partial charge in [-0.15, -0.1) is 0 Å². The molecular formula is C19H31N5O2. The van der Waals surface area contributed by atoms with Crippen LogP contribution in [-0.4, -0.2) is 67.2 Å². The van der Waals surface area contributed by atoms with Crippen molar-refractivity contribution in [1.29, 1.82) is 0 Å². The van der Waals surface area contributed by atoms with E-state index >= 15 is 0 Å². The molecule has 1 aliphatic carbocycles. The molecule has 3 heterocycles. The molecule has 0 atom stereocenters. The van der Waals surface area contributed by atoms with Gasteiger partial charge in [0.15, 0.2) is 5.96 Å². The molecule has 144 valence electrons. The number of nitrogens with zero attached hydrogens (tertiary/aromatic N) is 3. The zero-order chi connectivity index (χ0) is 18.1. The predicted octanol–water partition coefficient (Wildman–Crippen LogP) is 1.51. The van der Waals surface area contributed by atoms with Crippen molar-refractivity contribution >= 4 is 12.1 Å². The summed E-state index contributed by atoms with van der Waals surface area (Å²) >= 11 is 0. The lowest BCUT2D eigenvalue weighted by molar-refractivity contribution is -0.00727. The summed E-state index contributed by atoms with van der Waals surface area (Å²) in [6.07, 6.45) is 8.01. The molecule has 7 nitrogen and oxygen atoms in total. The lowest BCUT2D eigenvalue weighted by atomic mass is 9.64. The number of allylic oxidation sites excluding steroid dienone is 1. The first-order valence-electron chi connectivity index (χ1n) is 10.0. The van der Waals surface area contributed by atoms with Gasteiger partial charge in [-0.1, -0.05) is 0 Å². The van der Waals surface area contributed by atoms with E-state index in [2.05, 4.69) is 21.3 Å². The van der Waals surface area contributed by atoms with Crippen molar-refractivity contribution in [3.8, 4) is 0 Å². The van der Waals surface area contributed by atoms with E-state index in [4.69, 9.17) is 10.5 Å². The number of nitrogens with two attached hydrogens (primary N) is 1. The number of amides is 1. The Labute approximate surface area is 155 Å². The Morgan fingerprint density at radius 2 is 2.15 bits per heavy atom. The van der Waals surface area contributed by atoms with Crippen LogP contribution in [-0.2, 0) is 4.74 Å². The van der Waals surface area contributed by atoms with Gasteiger partial charge in [0.05, 0.1) is 13.2 Å². The summed E-state index contributed by atoms with van der Waals surface area (Å²) in [6.45, 7) is 7.09. The van der Waals surface area contributed by atoms with Crippen LogP contribution in [0.1, 0.15) is 39.0 Å². The van der Waals surface area contributed by atoms with Crippen LogP contribution in [0.5, 0.6) is 0 Å². The molecule has 3 fully saturated rings. The van der Waals surface area contributed by atoms with Crippen LogP contribution in [0.4, 0.5) is 4.79 Å². The Morgan fingerprint density at radius 1 is 1.38 bits per heavy atom. The number of hydrogen-bond acceptors (Lipinski definition) is 6.